The molecular weight excluding hydrogens is 154 g/mol. The molecule has 52 valence electrons. The Kier molecular flexibility index (Phi) is 2.06. The molecule has 0 saturated heterocycles. The molecule has 0 radical (unpaired) electrons. The quantitative estimate of drug-likeness (QED) is 0.620. The fourth-order valence-corrected chi connectivity index (χ4v) is 0.624. The van der Waals surface area contributed by atoms with E-state index < -0.39 is 5.91 Å². The first-order valence-corrected chi connectivity index (χ1v) is 3.08. The summed E-state index contributed by atoms with van der Waals surface area (Å²) in [6.07, 6.45) is 1.41. The summed E-state index contributed by atoms with van der Waals surface area (Å²) in [6.45, 7) is 0. The summed E-state index contributed by atoms with van der Waals surface area (Å²) in [5.41, 5.74) is 0.225. The maximum atomic E-state index is 10.6. The van der Waals surface area contributed by atoms with Gasteiger partial charge in [0.15, 0.2) is 0 Å². The number of nitrogens with one attached hydrogen (secondary N) is 1. The molecule has 0 aliphatic heterocycles. The van der Waals surface area contributed by atoms with Crippen LogP contribution in [0.4, 0.5) is 0 Å². The first kappa shape index (κ1) is 6.81. The van der Waals surface area contributed by atoms with Gasteiger partial charge in [-0.3, -0.25) is 9.89 Å². The average Bonchev–Trinajstić information content (AvgIpc) is 2.38. The maximum absolute atomic E-state index is 10.6. The van der Waals surface area contributed by atoms with Gasteiger partial charge in [0.05, 0.1) is 0 Å². The van der Waals surface area contributed by atoms with Crippen molar-refractivity contribution in [2.75, 3.05) is 0 Å². The van der Waals surface area contributed by atoms with Crippen LogP contribution in [0.5, 0.6) is 0 Å². The number of nitrogens with zero attached hydrogens (tertiary/aromatic N) is 2. The zero-order chi connectivity index (χ0) is 7.40. The molecule has 1 rings (SSSR count). The highest BCUT2D eigenvalue weighted by atomic mass is 32.1. The molecule has 6 heteroatoms. The monoisotopic (exact) mass is 157 g/mol. The van der Waals surface area contributed by atoms with Crippen molar-refractivity contribution in [2.24, 2.45) is 4.36 Å². The molecule has 1 amide bonds. The zero-order valence-corrected chi connectivity index (χ0v) is 5.59. The van der Waals surface area contributed by atoms with Crippen LogP contribution in [-0.4, -0.2) is 20.3 Å². The van der Waals surface area contributed by atoms with Gasteiger partial charge in [-0.2, -0.15) is 9.31 Å². The first-order chi connectivity index (χ1) is 4.84. The second kappa shape index (κ2) is 3.02. The van der Waals surface area contributed by atoms with E-state index in [0.29, 0.717) is 0 Å². The van der Waals surface area contributed by atoms with Crippen LogP contribution in [0.15, 0.2) is 16.6 Å². The number of aromatic nitrogens is 2. The fourth-order valence-electron chi connectivity index (χ4n) is 0.458. The molecule has 10 heavy (non-hydrogen) atoms. The van der Waals surface area contributed by atoms with Crippen LogP contribution < -0.4 is 0 Å². The number of amides is 1. The molecule has 1 heterocycles. The molecule has 0 bridgehead atoms. The summed E-state index contributed by atoms with van der Waals surface area (Å²) in [4.78, 5) is 10.6. The van der Waals surface area contributed by atoms with Crippen molar-refractivity contribution < 1.29 is 9.00 Å². The molecule has 0 atom stereocenters. The normalized spacial score (nSPS) is 8.80. The van der Waals surface area contributed by atoms with Crippen LogP contribution in [0.1, 0.15) is 10.5 Å². The van der Waals surface area contributed by atoms with E-state index in [1.54, 1.807) is 0 Å². The summed E-state index contributed by atoms with van der Waals surface area (Å²) in [5.74, 6) is -0.586. The van der Waals surface area contributed by atoms with E-state index in [-0.39, 0.29) is 17.2 Å². The zero-order valence-electron chi connectivity index (χ0n) is 4.77. The number of carbonyl (C=O) groups excluding carboxylic acids is 1. The van der Waals surface area contributed by atoms with Crippen LogP contribution in [0.25, 0.3) is 0 Å². The predicted molar refractivity (Wildman–Crippen MR) is 33.5 cm³/mol. The Bertz CT molecular complexity index is 275. The smallest absolute Gasteiger partial charge is 0.273 e. The van der Waals surface area contributed by atoms with Crippen molar-refractivity contribution in [2.45, 2.75) is 0 Å². The lowest BCUT2D eigenvalue weighted by Gasteiger charge is -1.80. The number of hydrogen-bond donors (Lipinski definition) is 1. The minimum absolute atomic E-state index is 0.114. The lowest BCUT2D eigenvalue weighted by molar-refractivity contribution is 0.100. The van der Waals surface area contributed by atoms with E-state index in [4.69, 9.17) is 0 Å². The molecule has 0 aliphatic carbocycles. The van der Waals surface area contributed by atoms with Gasteiger partial charge in [-0.05, 0) is 6.07 Å². The topological polar surface area (TPSA) is 75.2 Å². The van der Waals surface area contributed by atoms with Crippen molar-refractivity contribution in [3.8, 4) is 0 Å². The number of rotatable bonds is 1. The van der Waals surface area contributed by atoms with Gasteiger partial charge in [0.1, 0.15) is 5.69 Å². The SMILES string of the molecule is O=S=NC(=O)c1ccn[nH]1. The number of H-pyrrole nitrogens is 1. The van der Waals surface area contributed by atoms with Gasteiger partial charge in [-0.25, -0.2) is 0 Å². The second-order valence-electron chi connectivity index (χ2n) is 1.44. The lowest BCUT2D eigenvalue weighted by Crippen LogP contribution is -1.93. The molecule has 0 aromatic carbocycles. The average molecular weight is 157 g/mol. The van der Waals surface area contributed by atoms with Gasteiger partial charge >= 0.3 is 5.91 Å². The summed E-state index contributed by atoms with van der Waals surface area (Å²) in [7, 11) is 0. The molecule has 0 unspecified atom stereocenters. The highest BCUT2D eigenvalue weighted by Gasteiger charge is 2.02. The Balaban J connectivity index is 2.87. The predicted octanol–water partition coefficient (Wildman–Crippen LogP) is -0.0535. The highest BCUT2D eigenvalue weighted by molar-refractivity contribution is 7.55. The van der Waals surface area contributed by atoms with Gasteiger partial charge in [-0.1, -0.05) is 0 Å². The molecule has 1 N–H and O–H groups in total. The van der Waals surface area contributed by atoms with Crippen LogP contribution in [0, 0.1) is 0 Å². The fraction of sp³-hybridized carbons (Fsp3) is 0. The Morgan fingerprint density at radius 2 is 2.60 bits per heavy atom. The third kappa shape index (κ3) is 1.35. The Hall–Kier alpha value is -1.30. The molecule has 5 nitrogen and oxygen atoms in total. The Labute approximate surface area is 59.7 Å². The van der Waals surface area contributed by atoms with Gasteiger partial charge < -0.3 is 0 Å². The summed E-state index contributed by atoms with van der Waals surface area (Å²) >= 11 is -0.114. The van der Waals surface area contributed by atoms with Crippen LogP contribution in [0.3, 0.4) is 0 Å². The largest absolute Gasteiger partial charge is 0.308 e. The van der Waals surface area contributed by atoms with E-state index in [0.717, 1.165) is 0 Å². The standard InChI is InChI=1S/C4H3N3O2S/c8-4(7-10-9)3-1-2-5-6-3/h1-2H,(H,5,6). The summed E-state index contributed by atoms with van der Waals surface area (Å²) in [5, 5.41) is 5.88. The van der Waals surface area contributed by atoms with Gasteiger partial charge in [0, 0.05) is 6.20 Å². The van der Waals surface area contributed by atoms with Crippen LogP contribution in [0.2, 0.25) is 0 Å². The van der Waals surface area contributed by atoms with E-state index in [1.807, 2.05) is 0 Å². The van der Waals surface area contributed by atoms with Crippen molar-refractivity contribution in [1.82, 2.24) is 10.2 Å². The van der Waals surface area contributed by atoms with Crippen molar-refractivity contribution >= 4 is 17.4 Å². The number of hydrogen-bond acceptors (Lipinski definition) is 3. The highest BCUT2D eigenvalue weighted by Crippen LogP contribution is 1.92. The van der Waals surface area contributed by atoms with E-state index in [1.165, 1.54) is 12.3 Å². The second-order valence-corrected chi connectivity index (χ2v) is 1.77. The van der Waals surface area contributed by atoms with E-state index in [9.17, 15) is 9.00 Å². The molecule has 0 aliphatic rings. The van der Waals surface area contributed by atoms with Crippen molar-refractivity contribution in [1.29, 1.82) is 0 Å². The van der Waals surface area contributed by atoms with Gasteiger partial charge in [0.2, 0.25) is 11.5 Å². The molecule has 0 saturated carbocycles. The van der Waals surface area contributed by atoms with Crippen LogP contribution >= 0.6 is 0 Å². The molecular formula is C4H3N3O2S. The number of carbonyl (C=O) groups is 1. The molecule has 1 aromatic heterocycles. The third-order valence-electron chi connectivity index (χ3n) is 0.851. The van der Waals surface area contributed by atoms with Gasteiger partial charge in [-0.15, -0.1) is 4.36 Å². The van der Waals surface area contributed by atoms with Crippen molar-refractivity contribution in [3.63, 3.8) is 0 Å². The van der Waals surface area contributed by atoms with E-state index in [2.05, 4.69) is 14.6 Å². The minimum Gasteiger partial charge on any atom is -0.273 e. The maximum Gasteiger partial charge on any atom is 0.308 e. The molecule has 0 fully saturated rings. The molecule has 0 spiro atoms. The molecule has 1 aromatic rings. The van der Waals surface area contributed by atoms with Crippen molar-refractivity contribution in [3.05, 3.63) is 18.0 Å². The minimum atomic E-state index is -0.586. The number of aromatic amines is 1. The van der Waals surface area contributed by atoms with Gasteiger partial charge in [0.25, 0.3) is 0 Å². The summed E-state index contributed by atoms with van der Waals surface area (Å²) in [6, 6.07) is 1.45. The summed E-state index contributed by atoms with van der Waals surface area (Å²) < 4.78 is 12.7. The Morgan fingerprint density at radius 3 is 3.10 bits per heavy atom. The van der Waals surface area contributed by atoms with E-state index >= 15 is 0 Å². The Morgan fingerprint density at radius 1 is 1.80 bits per heavy atom. The van der Waals surface area contributed by atoms with Crippen LogP contribution in [-0.2, 0) is 11.5 Å². The third-order valence-corrected chi connectivity index (χ3v) is 1.09. The lowest BCUT2D eigenvalue weighted by atomic mass is 10.4. The first-order valence-electron chi connectivity index (χ1n) is 2.38.